The highest BCUT2D eigenvalue weighted by atomic mass is 15.2. The Bertz CT molecular complexity index is 2030. The van der Waals surface area contributed by atoms with Gasteiger partial charge in [-0.1, -0.05) is 92.7 Å². The molecule has 0 fully saturated rings. The third-order valence-corrected chi connectivity index (χ3v) is 8.29. The highest BCUT2D eigenvalue weighted by Gasteiger charge is 2.40. The van der Waals surface area contributed by atoms with Gasteiger partial charge < -0.3 is 4.57 Å². The lowest BCUT2D eigenvalue weighted by Crippen LogP contribution is -2.17. The predicted octanol–water partition coefficient (Wildman–Crippen LogP) is 8.13. The van der Waals surface area contributed by atoms with Crippen LogP contribution in [0.5, 0.6) is 0 Å². The smallest absolute Gasteiger partial charge is 0.215 e. The van der Waals surface area contributed by atoms with Gasteiger partial charge in [0, 0.05) is 23.2 Å². The van der Waals surface area contributed by atoms with Crippen molar-refractivity contribution in [3.8, 4) is 17.1 Å². The molecule has 1 aliphatic carbocycles. The van der Waals surface area contributed by atoms with E-state index in [1.807, 2.05) is 0 Å². The maximum absolute atomic E-state index is 5.18. The molecule has 0 radical (unpaired) electrons. The molecule has 1 aliphatic rings. The van der Waals surface area contributed by atoms with Crippen LogP contribution in [0.25, 0.3) is 60.7 Å². The van der Waals surface area contributed by atoms with Crippen molar-refractivity contribution < 1.29 is 0 Å². The molecule has 5 aromatic carbocycles. The Kier molecular flexibility index (Phi) is 3.67. The number of benzene rings is 5. The van der Waals surface area contributed by atoms with E-state index in [0.717, 1.165) is 17.0 Å². The van der Waals surface area contributed by atoms with Crippen LogP contribution < -0.4 is 0 Å². The summed E-state index contributed by atoms with van der Waals surface area (Å²) in [4.78, 5) is 5.18. The molecule has 0 saturated carbocycles. The van der Waals surface area contributed by atoms with Crippen molar-refractivity contribution in [2.24, 2.45) is 7.05 Å². The van der Waals surface area contributed by atoms with E-state index in [1.54, 1.807) is 0 Å². The first-order valence-electron chi connectivity index (χ1n) is 12.6. The number of para-hydroxylation sites is 3. The molecule has 172 valence electrons. The van der Waals surface area contributed by atoms with E-state index in [-0.39, 0.29) is 5.41 Å². The maximum atomic E-state index is 5.18. The summed E-state index contributed by atoms with van der Waals surface area (Å²) >= 11 is 0. The highest BCUT2D eigenvalue weighted by molar-refractivity contribution is 6.26. The van der Waals surface area contributed by atoms with Crippen molar-refractivity contribution in [2.45, 2.75) is 19.3 Å². The Hall–Kier alpha value is -4.37. The largest absolute Gasteiger partial charge is 0.313 e. The Balaban J connectivity index is 1.70. The van der Waals surface area contributed by atoms with Gasteiger partial charge in [-0.2, -0.15) is 0 Å². The van der Waals surface area contributed by atoms with Crippen molar-refractivity contribution in [2.75, 3.05) is 0 Å². The lowest BCUT2D eigenvalue weighted by atomic mass is 9.80. The summed E-state index contributed by atoms with van der Waals surface area (Å²) in [6, 6.07) is 35.1. The molecule has 0 atom stereocenters. The minimum atomic E-state index is -0.148. The first-order chi connectivity index (χ1) is 17.6. The van der Waals surface area contributed by atoms with Crippen LogP contribution in [-0.4, -0.2) is 14.1 Å². The van der Waals surface area contributed by atoms with Crippen LogP contribution in [0.1, 0.15) is 25.0 Å². The van der Waals surface area contributed by atoms with Crippen LogP contribution in [0.2, 0.25) is 0 Å². The van der Waals surface area contributed by atoms with E-state index in [1.165, 1.54) is 54.8 Å². The van der Waals surface area contributed by atoms with Gasteiger partial charge in [0.1, 0.15) is 0 Å². The van der Waals surface area contributed by atoms with Crippen LogP contribution in [0.3, 0.4) is 0 Å². The van der Waals surface area contributed by atoms with Crippen molar-refractivity contribution in [1.82, 2.24) is 14.1 Å². The van der Waals surface area contributed by atoms with Crippen LogP contribution >= 0.6 is 0 Å². The molecule has 3 nitrogen and oxygen atoms in total. The zero-order valence-corrected chi connectivity index (χ0v) is 20.6. The molecule has 0 saturated heterocycles. The Morgan fingerprint density at radius 3 is 2.11 bits per heavy atom. The van der Waals surface area contributed by atoms with E-state index in [0.29, 0.717) is 0 Å². The molecule has 0 aliphatic heterocycles. The standard InChI is InChI=1S/C33H25N3/c1-33(2)24-16-8-6-14-22(24)28-20-12-4-5-13-21(20)29-23-15-7-10-18-26(23)36(31(29)30(28)33)32-34-25-17-9-11-19-27(25)35(32)3/h4-19H,1-3H3. The highest BCUT2D eigenvalue weighted by Crippen LogP contribution is 2.56. The number of aryl methyl sites for hydroxylation is 1. The van der Waals surface area contributed by atoms with E-state index in [4.69, 9.17) is 4.98 Å². The average Bonchev–Trinajstić information content (AvgIpc) is 3.50. The molecule has 2 aromatic heterocycles. The monoisotopic (exact) mass is 463 g/mol. The van der Waals surface area contributed by atoms with E-state index in [9.17, 15) is 0 Å². The zero-order chi connectivity index (χ0) is 24.2. The number of imidazole rings is 1. The predicted molar refractivity (Wildman–Crippen MR) is 150 cm³/mol. The quantitative estimate of drug-likeness (QED) is 0.241. The van der Waals surface area contributed by atoms with Crippen molar-refractivity contribution in [1.29, 1.82) is 0 Å². The van der Waals surface area contributed by atoms with Gasteiger partial charge in [-0.05, 0) is 51.2 Å². The lowest BCUT2D eigenvalue weighted by Gasteiger charge is -2.24. The van der Waals surface area contributed by atoms with Crippen LogP contribution in [0.15, 0.2) is 97.1 Å². The minimum Gasteiger partial charge on any atom is -0.313 e. The number of nitrogens with zero attached hydrogens (tertiary/aromatic N) is 3. The number of hydrogen-bond donors (Lipinski definition) is 0. The summed E-state index contributed by atoms with van der Waals surface area (Å²) in [5, 5.41) is 5.21. The van der Waals surface area contributed by atoms with E-state index in [2.05, 4.69) is 127 Å². The van der Waals surface area contributed by atoms with Gasteiger partial charge in [0.25, 0.3) is 0 Å². The zero-order valence-electron chi connectivity index (χ0n) is 20.6. The molecule has 0 amide bonds. The fourth-order valence-electron chi connectivity index (χ4n) is 6.73. The fourth-order valence-corrected chi connectivity index (χ4v) is 6.73. The molecular weight excluding hydrogens is 438 g/mol. The van der Waals surface area contributed by atoms with Crippen LogP contribution in [-0.2, 0) is 12.5 Å². The summed E-state index contributed by atoms with van der Waals surface area (Å²) < 4.78 is 4.65. The molecule has 2 heterocycles. The van der Waals surface area contributed by atoms with Gasteiger partial charge in [0.05, 0.1) is 22.1 Å². The minimum absolute atomic E-state index is 0.148. The second-order valence-electron chi connectivity index (χ2n) is 10.5. The van der Waals surface area contributed by atoms with E-state index >= 15 is 0 Å². The van der Waals surface area contributed by atoms with Crippen LogP contribution in [0, 0.1) is 0 Å². The molecular formula is C33H25N3. The summed E-state index contributed by atoms with van der Waals surface area (Å²) in [5.74, 6) is 0.951. The van der Waals surface area contributed by atoms with E-state index < -0.39 is 0 Å². The summed E-state index contributed by atoms with van der Waals surface area (Å²) in [6.07, 6.45) is 0. The van der Waals surface area contributed by atoms with Crippen molar-refractivity contribution >= 4 is 43.6 Å². The summed E-state index contributed by atoms with van der Waals surface area (Å²) in [5.41, 5.74) is 9.95. The third kappa shape index (κ3) is 2.26. The number of aromatic nitrogens is 3. The maximum Gasteiger partial charge on any atom is 0.215 e. The van der Waals surface area contributed by atoms with Gasteiger partial charge in [-0.15, -0.1) is 0 Å². The van der Waals surface area contributed by atoms with Gasteiger partial charge in [0.15, 0.2) is 0 Å². The Morgan fingerprint density at radius 2 is 1.31 bits per heavy atom. The third-order valence-electron chi connectivity index (χ3n) is 8.29. The van der Waals surface area contributed by atoms with Crippen molar-refractivity contribution in [3.63, 3.8) is 0 Å². The SMILES string of the molecule is Cn1c(-n2c3ccccc3c3c4ccccc4c4c(c32)C(C)(C)c2ccccc2-4)nc2ccccc21. The molecule has 0 unspecified atom stereocenters. The molecule has 36 heavy (non-hydrogen) atoms. The molecule has 0 N–H and O–H groups in total. The molecule has 8 rings (SSSR count). The first kappa shape index (κ1) is 19.9. The molecule has 7 aromatic rings. The Labute approximate surface area is 209 Å². The summed E-state index contributed by atoms with van der Waals surface area (Å²) in [6.45, 7) is 4.76. The second-order valence-corrected chi connectivity index (χ2v) is 10.5. The summed E-state index contributed by atoms with van der Waals surface area (Å²) in [7, 11) is 2.13. The number of hydrogen-bond acceptors (Lipinski definition) is 1. The lowest BCUT2D eigenvalue weighted by molar-refractivity contribution is 0.663. The molecule has 3 heteroatoms. The average molecular weight is 464 g/mol. The van der Waals surface area contributed by atoms with Crippen molar-refractivity contribution in [3.05, 3.63) is 108 Å². The van der Waals surface area contributed by atoms with Gasteiger partial charge >= 0.3 is 0 Å². The number of rotatable bonds is 1. The van der Waals surface area contributed by atoms with Crippen LogP contribution in [0.4, 0.5) is 0 Å². The normalized spacial score (nSPS) is 14.2. The van der Waals surface area contributed by atoms with Gasteiger partial charge in [-0.25, -0.2) is 4.98 Å². The molecule has 0 bridgehead atoms. The number of fused-ring (bicyclic) bond motifs is 11. The first-order valence-corrected chi connectivity index (χ1v) is 12.6. The second kappa shape index (κ2) is 6.64. The Morgan fingerprint density at radius 1 is 0.667 bits per heavy atom. The van der Waals surface area contributed by atoms with Gasteiger partial charge in [-0.3, -0.25) is 4.57 Å². The van der Waals surface area contributed by atoms with Gasteiger partial charge in [0.2, 0.25) is 5.95 Å². The topological polar surface area (TPSA) is 22.8 Å². The molecule has 0 spiro atoms. The fraction of sp³-hybridized carbons (Fsp3) is 0.121.